The number of ketones is 1. The quantitative estimate of drug-likeness (QED) is 0.229. The van der Waals surface area contributed by atoms with E-state index in [0.717, 1.165) is 12.8 Å². The Balaban J connectivity index is 1.54. The number of Topliss-reactive ketones (excluding diaryl/α,β-unsaturated/α-hetero) is 1. The van der Waals surface area contributed by atoms with E-state index >= 15 is 0 Å². The number of likely N-dealkylation sites (tertiary alicyclic amines) is 1. The number of hydrogen-bond donors (Lipinski definition) is 4. The zero-order chi connectivity index (χ0) is 34.6. The number of carbonyl (C=O) groups excluding carboxylic acids is 6. The first-order valence-corrected chi connectivity index (χ1v) is 16.2. The Hall–Kier alpha value is -4.04. The third-order valence-corrected chi connectivity index (χ3v) is 9.06. The van der Waals surface area contributed by atoms with E-state index in [9.17, 15) is 37.5 Å². The van der Waals surface area contributed by atoms with Crippen LogP contribution in [0.25, 0.3) is 0 Å². The van der Waals surface area contributed by atoms with Crippen LogP contribution in [0.15, 0.2) is 18.6 Å². The second-order valence-electron chi connectivity index (χ2n) is 14.2. The molecule has 6 atom stereocenters. The van der Waals surface area contributed by atoms with E-state index in [1.54, 1.807) is 34.6 Å². The minimum absolute atomic E-state index is 0.0144. The summed E-state index contributed by atoms with van der Waals surface area (Å²) in [6, 6.07) is -5.21. The van der Waals surface area contributed by atoms with Gasteiger partial charge in [-0.15, -0.1) is 0 Å². The van der Waals surface area contributed by atoms with Crippen LogP contribution in [0.2, 0.25) is 0 Å². The second kappa shape index (κ2) is 14.8. The van der Waals surface area contributed by atoms with E-state index in [1.165, 1.54) is 23.5 Å². The summed E-state index contributed by atoms with van der Waals surface area (Å²) in [5, 5.41) is 10.3. The summed E-state index contributed by atoms with van der Waals surface area (Å²) < 4.78 is 27.0. The van der Waals surface area contributed by atoms with Gasteiger partial charge in [-0.25, -0.2) is 13.8 Å². The Morgan fingerprint density at radius 1 is 0.979 bits per heavy atom. The SMILES string of the molecule is CC(C)[C@H](NC(=O)c1cnccn1)C(=O)N[C@H](C(=O)N1CC2CCCC2[C@H]1C(=O)NC(CC(F)F)C(=O)C(=O)NC1CC1)C(C)(C)C. The Bertz CT molecular complexity index is 1350. The smallest absolute Gasteiger partial charge is 0.289 e. The minimum Gasteiger partial charge on any atom is -0.347 e. The normalized spacial score (nSPS) is 22.7. The highest BCUT2D eigenvalue weighted by molar-refractivity contribution is 6.38. The summed E-state index contributed by atoms with van der Waals surface area (Å²) in [5.41, 5.74) is -0.836. The second-order valence-corrected chi connectivity index (χ2v) is 14.2. The molecular formula is C32H45F2N7O6. The van der Waals surface area contributed by atoms with Crippen LogP contribution in [-0.4, -0.2) is 93.4 Å². The molecule has 0 bridgehead atoms. The molecule has 2 aliphatic carbocycles. The summed E-state index contributed by atoms with van der Waals surface area (Å²) in [6.07, 6.45) is 3.54. The molecule has 4 rings (SSSR count). The molecule has 0 radical (unpaired) electrons. The van der Waals surface area contributed by atoms with Crippen molar-refractivity contribution in [3.8, 4) is 0 Å². The zero-order valence-electron chi connectivity index (χ0n) is 27.4. The van der Waals surface area contributed by atoms with Gasteiger partial charge in [-0.2, -0.15) is 0 Å². The van der Waals surface area contributed by atoms with Gasteiger partial charge >= 0.3 is 0 Å². The maximum absolute atomic E-state index is 14.3. The fraction of sp³-hybridized carbons (Fsp3) is 0.688. The summed E-state index contributed by atoms with van der Waals surface area (Å²) in [7, 11) is 0. The van der Waals surface area contributed by atoms with E-state index in [1.807, 2.05) is 0 Å². The minimum atomic E-state index is -2.97. The number of hydrogen-bond acceptors (Lipinski definition) is 8. The van der Waals surface area contributed by atoms with Crippen LogP contribution in [0.1, 0.15) is 83.6 Å². The van der Waals surface area contributed by atoms with E-state index < -0.39 is 77.7 Å². The Labute approximate surface area is 272 Å². The maximum Gasteiger partial charge on any atom is 0.289 e. The summed E-state index contributed by atoms with van der Waals surface area (Å²) in [6.45, 7) is 8.93. The average molecular weight is 662 g/mol. The first kappa shape index (κ1) is 35.8. The van der Waals surface area contributed by atoms with Crippen LogP contribution in [0.5, 0.6) is 0 Å². The molecule has 2 saturated carbocycles. The van der Waals surface area contributed by atoms with Gasteiger partial charge in [0.2, 0.25) is 29.9 Å². The van der Waals surface area contributed by atoms with Gasteiger partial charge in [0, 0.05) is 31.4 Å². The monoisotopic (exact) mass is 661 g/mol. The number of aromatic nitrogens is 2. The average Bonchev–Trinajstić information content (AvgIpc) is 3.57. The highest BCUT2D eigenvalue weighted by Gasteiger charge is 2.52. The van der Waals surface area contributed by atoms with E-state index in [4.69, 9.17) is 0 Å². The molecule has 2 heterocycles. The number of halogens is 2. The van der Waals surface area contributed by atoms with Crippen molar-refractivity contribution in [1.82, 2.24) is 36.1 Å². The maximum atomic E-state index is 14.3. The molecule has 1 aliphatic heterocycles. The van der Waals surface area contributed by atoms with Gasteiger partial charge in [-0.05, 0) is 48.9 Å². The lowest BCUT2D eigenvalue weighted by molar-refractivity contribution is -0.146. The topological polar surface area (TPSA) is 180 Å². The molecule has 13 nitrogen and oxygen atoms in total. The predicted octanol–water partition coefficient (Wildman–Crippen LogP) is 1.38. The van der Waals surface area contributed by atoms with Crippen molar-refractivity contribution in [2.24, 2.45) is 23.2 Å². The number of nitrogens with zero attached hydrogens (tertiary/aromatic N) is 3. The molecule has 258 valence electrons. The molecule has 1 saturated heterocycles. The van der Waals surface area contributed by atoms with Crippen molar-refractivity contribution in [1.29, 1.82) is 0 Å². The van der Waals surface area contributed by atoms with Crippen molar-refractivity contribution < 1.29 is 37.5 Å². The number of rotatable bonds is 13. The third-order valence-electron chi connectivity index (χ3n) is 9.06. The van der Waals surface area contributed by atoms with Crippen molar-refractivity contribution in [3.05, 3.63) is 24.3 Å². The van der Waals surface area contributed by atoms with Crippen LogP contribution in [-0.2, 0) is 24.0 Å². The van der Waals surface area contributed by atoms with Crippen LogP contribution in [0, 0.1) is 23.2 Å². The van der Waals surface area contributed by atoms with Crippen molar-refractivity contribution >= 4 is 35.3 Å². The van der Waals surface area contributed by atoms with E-state index in [-0.39, 0.29) is 36.0 Å². The number of alkyl halides is 2. The molecule has 3 aliphatic rings. The number of carbonyl (C=O) groups is 6. The van der Waals surface area contributed by atoms with Crippen LogP contribution in [0.3, 0.4) is 0 Å². The summed E-state index contributed by atoms with van der Waals surface area (Å²) in [4.78, 5) is 89.1. The van der Waals surface area contributed by atoms with Crippen molar-refractivity contribution in [3.63, 3.8) is 0 Å². The first-order valence-electron chi connectivity index (χ1n) is 16.2. The molecule has 3 fully saturated rings. The largest absolute Gasteiger partial charge is 0.347 e. The molecule has 15 heteroatoms. The lowest BCUT2D eigenvalue weighted by Gasteiger charge is -2.37. The van der Waals surface area contributed by atoms with Gasteiger partial charge in [-0.3, -0.25) is 33.8 Å². The highest BCUT2D eigenvalue weighted by Crippen LogP contribution is 2.43. The zero-order valence-corrected chi connectivity index (χ0v) is 27.4. The highest BCUT2D eigenvalue weighted by atomic mass is 19.3. The molecule has 5 amide bonds. The van der Waals surface area contributed by atoms with Gasteiger partial charge in [0.15, 0.2) is 0 Å². The van der Waals surface area contributed by atoms with E-state index in [2.05, 4.69) is 31.2 Å². The molecule has 4 N–H and O–H groups in total. The lowest BCUT2D eigenvalue weighted by Crippen LogP contribution is -2.62. The van der Waals surface area contributed by atoms with Crippen LogP contribution in [0.4, 0.5) is 8.78 Å². The van der Waals surface area contributed by atoms with Crippen LogP contribution >= 0.6 is 0 Å². The Morgan fingerprint density at radius 3 is 2.26 bits per heavy atom. The fourth-order valence-corrected chi connectivity index (χ4v) is 6.39. The Kier molecular flexibility index (Phi) is 11.3. The standard InChI is InChI=1S/C32H45F2N7O6/c1-16(2)23(39-27(43)21-14-35-11-12-36-21)28(44)40-26(32(3,4)5)31(47)41-15-17-7-6-8-19(17)24(41)29(45)38-20(13-22(33)34)25(42)30(46)37-18-9-10-18/h11-12,14,16-20,22-24,26H,6-10,13,15H2,1-5H3,(H,37,46)(H,38,45)(H,39,43)(H,40,44)/t17?,19?,20?,23-,24-,26+/m0/s1. The molecule has 47 heavy (non-hydrogen) atoms. The summed E-state index contributed by atoms with van der Waals surface area (Å²) >= 11 is 0. The molecule has 1 aromatic rings. The van der Waals surface area contributed by atoms with Gasteiger partial charge in [0.1, 0.15) is 29.9 Å². The van der Waals surface area contributed by atoms with Gasteiger partial charge in [0.25, 0.3) is 11.8 Å². The van der Waals surface area contributed by atoms with Gasteiger partial charge in [-0.1, -0.05) is 41.0 Å². The lowest BCUT2D eigenvalue weighted by atomic mass is 9.85. The molecule has 0 spiro atoms. The van der Waals surface area contributed by atoms with Gasteiger partial charge < -0.3 is 26.2 Å². The number of fused-ring (bicyclic) bond motifs is 1. The molecule has 3 unspecified atom stereocenters. The van der Waals surface area contributed by atoms with Crippen molar-refractivity contribution in [2.75, 3.05) is 6.54 Å². The van der Waals surface area contributed by atoms with E-state index in [0.29, 0.717) is 19.3 Å². The fourth-order valence-electron chi connectivity index (χ4n) is 6.39. The molecular weight excluding hydrogens is 616 g/mol. The molecule has 1 aromatic heterocycles. The molecule has 0 aromatic carbocycles. The first-order chi connectivity index (χ1) is 22.1. The Morgan fingerprint density at radius 2 is 1.68 bits per heavy atom. The van der Waals surface area contributed by atoms with Crippen LogP contribution < -0.4 is 21.3 Å². The predicted molar refractivity (Wildman–Crippen MR) is 165 cm³/mol. The third kappa shape index (κ3) is 8.86. The van der Waals surface area contributed by atoms with Crippen molar-refractivity contribution in [2.45, 2.75) is 110 Å². The number of nitrogens with one attached hydrogen (secondary N) is 4. The number of amides is 5. The van der Waals surface area contributed by atoms with Gasteiger partial charge in [0.05, 0.1) is 6.20 Å². The summed E-state index contributed by atoms with van der Waals surface area (Å²) in [5.74, 6) is -5.46.